The number of halogens is 1. The van der Waals surface area contributed by atoms with Gasteiger partial charge in [-0.15, -0.1) is 0 Å². The van der Waals surface area contributed by atoms with E-state index in [2.05, 4.69) is 20.3 Å². The number of nitrogens with zero attached hydrogens (tertiary/aromatic N) is 3. The fourth-order valence-corrected chi connectivity index (χ4v) is 3.22. The third-order valence-corrected chi connectivity index (χ3v) is 4.80. The van der Waals surface area contributed by atoms with Crippen LogP contribution in [0.5, 0.6) is 0 Å². The third kappa shape index (κ3) is 3.82. The van der Waals surface area contributed by atoms with Gasteiger partial charge in [-0.25, -0.2) is 14.4 Å². The fourth-order valence-electron chi connectivity index (χ4n) is 3.22. The first kappa shape index (κ1) is 17.4. The fraction of sp³-hybridized carbons (Fsp3) is 0.444. The molecule has 1 aliphatic carbocycles. The van der Waals surface area contributed by atoms with E-state index >= 15 is 0 Å². The summed E-state index contributed by atoms with van der Waals surface area (Å²) in [4.78, 5) is 24.6. The molecule has 3 N–H and O–H groups in total. The molecule has 25 heavy (non-hydrogen) atoms. The molecule has 1 saturated carbocycles. The number of aryl methyl sites for hydroxylation is 1. The molecule has 0 spiro atoms. The first-order valence-corrected chi connectivity index (χ1v) is 8.55. The van der Waals surface area contributed by atoms with Crippen LogP contribution in [0, 0.1) is 5.82 Å². The van der Waals surface area contributed by atoms with Gasteiger partial charge in [0.05, 0.1) is 11.3 Å². The molecular weight excluding hydrogens is 321 g/mol. The lowest BCUT2D eigenvalue weighted by Gasteiger charge is -2.41. The van der Waals surface area contributed by atoms with E-state index in [0.29, 0.717) is 36.6 Å². The standard InChI is InChI=1S/C18H22FN5O/c19-14-3-1-9-21-16(14)18(5-2-6-18)7-4-15-23-11-13(12-24-15)17(25)22-10-8-20/h1,3,9,11-12H,2,4-8,10,20H2,(H,22,25). The van der Waals surface area contributed by atoms with Crippen molar-refractivity contribution in [2.75, 3.05) is 13.1 Å². The van der Waals surface area contributed by atoms with Crippen LogP contribution in [0.4, 0.5) is 4.39 Å². The SMILES string of the molecule is NCCNC(=O)c1cnc(CCC2(c3ncccc3F)CCC2)nc1. The molecule has 0 aromatic carbocycles. The zero-order valence-electron chi connectivity index (χ0n) is 14.0. The van der Waals surface area contributed by atoms with Gasteiger partial charge in [0.2, 0.25) is 0 Å². The summed E-state index contributed by atoms with van der Waals surface area (Å²) in [5, 5.41) is 2.68. The van der Waals surface area contributed by atoms with Gasteiger partial charge < -0.3 is 11.1 Å². The van der Waals surface area contributed by atoms with Crippen LogP contribution in [-0.2, 0) is 11.8 Å². The lowest BCUT2D eigenvalue weighted by Crippen LogP contribution is -2.36. The molecule has 1 amide bonds. The van der Waals surface area contributed by atoms with E-state index in [9.17, 15) is 9.18 Å². The van der Waals surface area contributed by atoms with Gasteiger partial charge in [0.25, 0.3) is 5.91 Å². The molecule has 0 aliphatic heterocycles. The van der Waals surface area contributed by atoms with E-state index in [-0.39, 0.29) is 17.1 Å². The molecule has 1 aliphatic rings. The molecule has 2 aromatic heterocycles. The summed E-state index contributed by atoms with van der Waals surface area (Å²) in [6.45, 7) is 0.801. The Morgan fingerprint density at radius 2 is 2.04 bits per heavy atom. The molecule has 3 rings (SSSR count). The Labute approximate surface area is 146 Å². The van der Waals surface area contributed by atoms with Gasteiger partial charge in [-0.3, -0.25) is 9.78 Å². The number of nitrogens with one attached hydrogen (secondary N) is 1. The predicted octanol–water partition coefficient (Wildman–Crippen LogP) is 1.75. The highest BCUT2D eigenvalue weighted by Crippen LogP contribution is 2.46. The Morgan fingerprint density at radius 3 is 2.64 bits per heavy atom. The van der Waals surface area contributed by atoms with Gasteiger partial charge in [-0.05, 0) is 31.4 Å². The van der Waals surface area contributed by atoms with Crippen LogP contribution in [0.15, 0.2) is 30.7 Å². The normalized spacial score (nSPS) is 15.4. The van der Waals surface area contributed by atoms with Crippen molar-refractivity contribution in [1.82, 2.24) is 20.3 Å². The number of nitrogens with two attached hydrogens (primary N) is 1. The second-order valence-electron chi connectivity index (χ2n) is 6.40. The van der Waals surface area contributed by atoms with Crippen LogP contribution >= 0.6 is 0 Å². The van der Waals surface area contributed by atoms with Gasteiger partial charge >= 0.3 is 0 Å². The lowest BCUT2D eigenvalue weighted by atomic mass is 9.63. The number of carbonyl (C=O) groups excluding carboxylic acids is 1. The molecule has 7 heteroatoms. The van der Waals surface area contributed by atoms with Crippen molar-refractivity contribution in [2.24, 2.45) is 5.73 Å². The summed E-state index contributed by atoms with van der Waals surface area (Å²) in [6.07, 6.45) is 8.99. The van der Waals surface area contributed by atoms with Gasteiger partial charge in [0, 0.05) is 43.5 Å². The molecule has 1 fully saturated rings. The zero-order valence-corrected chi connectivity index (χ0v) is 14.0. The summed E-state index contributed by atoms with van der Waals surface area (Å²) in [5.74, 6) is 0.177. The smallest absolute Gasteiger partial charge is 0.254 e. The van der Waals surface area contributed by atoms with Crippen molar-refractivity contribution in [3.8, 4) is 0 Å². The van der Waals surface area contributed by atoms with E-state index in [1.165, 1.54) is 18.5 Å². The average Bonchev–Trinajstić information content (AvgIpc) is 2.60. The topological polar surface area (TPSA) is 93.8 Å². The van der Waals surface area contributed by atoms with Crippen molar-refractivity contribution < 1.29 is 9.18 Å². The van der Waals surface area contributed by atoms with Crippen LogP contribution in [0.25, 0.3) is 0 Å². The Kier molecular flexibility index (Phi) is 5.33. The van der Waals surface area contributed by atoms with E-state index in [1.807, 2.05) is 0 Å². The highest BCUT2D eigenvalue weighted by atomic mass is 19.1. The number of aromatic nitrogens is 3. The molecule has 0 saturated heterocycles. The number of carbonyl (C=O) groups is 1. The summed E-state index contributed by atoms with van der Waals surface area (Å²) < 4.78 is 14.1. The van der Waals surface area contributed by atoms with Crippen molar-refractivity contribution in [2.45, 2.75) is 37.5 Å². The Morgan fingerprint density at radius 1 is 1.28 bits per heavy atom. The maximum Gasteiger partial charge on any atom is 0.254 e. The minimum atomic E-state index is -0.241. The van der Waals surface area contributed by atoms with Crippen molar-refractivity contribution >= 4 is 5.91 Å². The van der Waals surface area contributed by atoms with Gasteiger partial charge in [0.15, 0.2) is 0 Å². The minimum absolute atomic E-state index is 0.216. The van der Waals surface area contributed by atoms with E-state index in [1.54, 1.807) is 12.3 Å². The Hall–Kier alpha value is -2.41. The largest absolute Gasteiger partial charge is 0.351 e. The lowest BCUT2D eigenvalue weighted by molar-refractivity contribution is 0.0954. The van der Waals surface area contributed by atoms with Crippen LogP contribution < -0.4 is 11.1 Å². The van der Waals surface area contributed by atoms with Crippen LogP contribution in [-0.4, -0.2) is 33.9 Å². The molecule has 0 bridgehead atoms. The molecular formula is C18H22FN5O. The van der Waals surface area contributed by atoms with E-state index in [0.717, 1.165) is 25.7 Å². The number of hydrogen-bond acceptors (Lipinski definition) is 5. The van der Waals surface area contributed by atoms with Crippen LogP contribution in [0.1, 0.15) is 47.6 Å². The molecule has 6 nitrogen and oxygen atoms in total. The zero-order chi connectivity index (χ0) is 17.7. The monoisotopic (exact) mass is 343 g/mol. The number of hydrogen-bond donors (Lipinski definition) is 2. The van der Waals surface area contributed by atoms with Crippen LogP contribution in [0.2, 0.25) is 0 Å². The maximum atomic E-state index is 14.1. The summed E-state index contributed by atoms with van der Waals surface area (Å²) in [7, 11) is 0. The van der Waals surface area contributed by atoms with Crippen molar-refractivity contribution in [3.63, 3.8) is 0 Å². The second kappa shape index (κ2) is 7.65. The Bertz CT molecular complexity index is 731. The maximum absolute atomic E-state index is 14.1. The first-order valence-electron chi connectivity index (χ1n) is 8.55. The molecule has 132 valence electrons. The molecule has 0 radical (unpaired) electrons. The summed E-state index contributed by atoms with van der Waals surface area (Å²) in [5.41, 5.74) is 6.11. The van der Waals surface area contributed by atoms with Gasteiger partial charge in [-0.1, -0.05) is 6.42 Å². The highest BCUT2D eigenvalue weighted by molar-refractivity contribution is 5.93. The molecule has 0 unspecified atom stereocenters. The number of pyridine rings is 1. The summed E-state index contributed by atoms with van der Waals surface area (Å²) >= 11 is 0. The first-order chi connectivity index (χ1) is 12.1. The molecule has 0 atom stereocenters. The second-order valence-corrected chi connectivity index (χ2v) is 6.40. The number of rotatable bonds is 7. The Balaban J connectivity index is 1.65. The highest BCUT2D eigenvalue weighted by Gasteiger charge is 2.41. The van der Waals surface area contributed by atoms with Gasteiger partial charge in [-0.2, -0.15) is 0 Å². The van der Waals surface area contributed by atoms with Crippen molar-refractivity contribution in [3.05, 3.63) is 53.6 Å². The average molecular weight is 343 g/mol. The number of amides is 1. The summed E-state index contributed by atoms with van der Waals surface area (Å²) in [6, 6.07) is 3.08. The van der Waals surface area contributed by atoms with Crippen molar-refractivity contribution in [1.29, 1.82) is 0 Å². The van der Waals surface area contributed by atoms with Gasteiger partial charge in [0.1, 0.15) is 11.6 Å². The molecule has 2 heterocycles. The molecule has 2 aromatic rings. The minimum Gasteiger partial charge on any atom is -0.351 e. The van der Waals surface area contributed by atoms with E-state index < -0.39 is 0 Å². The predicted molar refractivity (Wildman–Crippen MR) is 91.5 cm³/mol. The quantitative estimate of drug-likeness (QED) is 0.799. The van der Waals surface area contributed by atoms with Crippen LogP contribution in [0.3, 0.4) is 0 Å². The van der Waals surface area contributed by atoms with E-state index in [4.69, 9.17) is 5.73 Å². The third-order valence-electron chi connectivity index (χ3n) is 4.80.